The zero-order valence-electron chi connectivity index (χ0n) is 14.2. The summed E-state index contributed by atoms with van der Waals surface area (Å²) in [5, 5.41) is -0.412. The van der Waals surface area contributed by atoms with E-state index in [2.05, 4.69) is 9.97 Å². The van der Waals surface area contributed by atoms with Crippen LogP contribution in [0.2, 0.25) is 0 Å². The number of fused-ring (bicyclic) bond motifs is 1. The molecule has 1 aliphatic rings. The van der Waals surface area contributed by atoms with Gasteiger partial charge in [-0.1, -0.05) is 0 Å². The first-order chi connectivity index (χ1) is 12.2. The zero-order valence-corrected chi connectivity index (χ0v) is 15.0. The van der Waals surface area contributed by atoms with Crippen LogP contribution < -0.4 is 10.3 Å². The number of rotatable bonds is 4. The second-order valence-corrected chi connectivity index (χ2v) is 8.03. The molecule has 0 spiro atoms. The minimum atomic E-state index is -3.68. The second kappa shape index (κ2) is 6.76. The van der Waals surface area contributed by atoms with Crippen LogP contribution in [0, 0.1) is 11.6 Å². The van der Waals surface area contributed by atoms with Crippen LogP contribution in [0.4, 0.5) is 8.78 Å². The number of nitrogens with zero attached hydrogens (tertiary/aromatic N) is 2. The molecule has 2 heterocycles. The van der Waals surface area contributed by atoms with Crippen molar-refractivity contribution in [2.75, 3.05) is 19.9 Å². The molecule has 0 saturated carbocycles. The van der Waals surface area contributed by atoms with Gasteiger partial charge in [-0.2, -0.15) is 0 Å². The van der Waals surface area contributed by atoms with Crippen molar-refractivity contribution >= 4 is 9.84 Å². The van der Waals surface area contributed by atoms with Crippen molar-refractivity contribution in [3.05, 3.63) is 50.9 Å². The SMILES string of the molecule is COc1cc(F)c(CN2CCc3c(nc(S(C)(=O)=O)[nH]c3=O)C2)c(F)c1. The maximum absolute atomic E-state index is 14.1. The molecular weight excluding hydrogens is 368 g/mol. The van der Waals surface area contributed by atoms with Crippen molar-refractivity contribution in [1.82, 2.24) is 14.9 Å². The van der Waals surface area contributed by atoms with Gasteiger partial charge in [0.1, 0.15) is 17.4 Å². The molecule has 26 heavy (non-hydrogen) atoms. The van der Waals surface area contributed by atoms with Gasteiger partial charge in [-0.15, -0.1) is 0 Å². The van der Waals surface area contributed by atoms with Gasteiger partial charge in [0.2, 0.25) is 15.0 Å². The van der Waals surface area contributed by atoms with E-state index in [0.29, 0.717) is 24.2 Å². The molecule has 0 amide bonds. The van der Waals surface area contributed by atoms with E-state index >= 15 is 0 Å². The Labute approximate surface area is 148 Å². The van der Waals surface area contributed by atoms with E-state index in [4.69, 9.17) is 4.74 Å². The summed E-state index contributed by atoms with van der Waals surface area (Å²) in [7, 11) is -2.36. The molecule has 1 N–H and O–H groups in total. The molecule has 0 fully saturated rings. The van der Waals surface area contributed by atoms with E-state index in [9.17, 15) is 22.0 Å². The predicted molar refractivity (Wildman–Crippen MR) is 88.7 cm³/mol. The number of nitrogens with one attached hydrogen (secondary N) is 1. The molecular formula is C16H17F2N3O4S. The fourth-order valence-corrected chi connectivity index (χ4v) is 3.41. The molecule has 0 bridgehead atoms. The van der Waals surface area contributed by atoms with Crippen molar-refractivity contribution in [1.29, 1.82) is 0 Å². The highest BCUT2D eigenvalue weighted by Crippen LogP contribution is 2.24. The molecule has 0 unspecified atom stereocenters. The number of halogens is 2. The van der Waals surface area contributed by atoms with Gasteiger partial charge in [-0.3, -0.25) is 14.7 Å². The fraction of sp³-hybridized carbons (Fsp3) is 0.375. The molecule has 0 radical (unpaired) electrons. The first-order valence-electron chi connectivity index (χ1n) is 7.75. The summed E-state index contributed by atoms with van der Waals surface area (Å²) in [6, 6.07) is 2.20. The average molecular weight is 385 g/mol. The second-order valence-electron chi connectivity index (χ2n) is 6.10. The summed E-state index contributed by atoms with van der Waals surface area (Å²) in [6.07, 6.45) is 1.25. The number of hydrogen-bond acceptors (Lipinski definition) is 6. The normalized spacial score (nSPS) is 14.9. The number of aromatic nitrogens is 2. The molecule has 10 heteroatoms. The topological polar surface area (TPSA) is 92.4 Å². The number of aromatic amines is 1. The molecule has 0 saturated heterocycles. The van der Waals surface area contributed by atoms with Gasteiger partial charge in [0.15, 0.2) is 0 Å². The lowest BCUT2D eigenvalue weighted by atomic mass is 10.1. The molecule has 0 aliphatic carbocycles. The third-order valence-electron chi connectivity index (χ3n) is 4.21. The monoisotopic (exact) mass is 385 g/mol. The Bertz CT molecular complexity index is 998. The van der Waals surface area contributed by atoms with Crippen molar-refractivity contribution in [2.24, 2.45) is 0 Å². The number of benzene rings is 1. The summed E-state index contributed by atoms with van der Waals surface area (Å²) in [5.74, 6) is -1.38. The van der Waals surface area contributed by atoms with Crippen molar-refractivity contribution < 1.29 is 21.9 Å². The quantitative estimate of drug-likeness (QED) is 0.790. The molecule has 7 nitrogen and oxygen atoms in total. The molecule has 140 valence electrons. The van der Waals surface area contributed by atoms with Crippen LogP contribution in [0.25, 0.3) is 0 Å². The van der Waals surface area contributed by atoms with E-state index in [1.165, 1.54) is 7.11 Å². The summed E-state index contributed by atoms with van der Waals surface area (Å²) in [5.41, 5.74) is 0.0680. The summed E-state index contributed by atoms with van der Waals surface area (Å²) in [4.78, 5) is 20.0. The maximum Gasteiger partial charge on any atom is 0.255 e. The number of methoxy groups -OCH3 is 1. The summed E-state index contributed by atoms with van der Waals surface area (Å²) >= 11 is 0. The van der Waals surface area contributed by atoms with E-state index in [1.807, 2.05) is 0 Å². The summed E-state index contributed by atoms with van der Waals surface area (Å²) in [6.45, 7) is 0.470. The van der Waals surface area contributed by atoms with E-state index in [-0.39, 0.29) is 24.4 Å². The lowest BCUT2D eigenvalue weighted by Gasteiger charge is -2.27. The molecule has 1 aromatic carbocycles. The average Bonchev–Trinajstić information content (AvgIpc) is 2.56. The van der Waals surface area contributed by atoms with Gasteiger partial charge in [-0.05, 0) is 6.42 Å². The van der Waals surface area contributed by atoms with Gasteiger partial charge < -0.3 is 4.74 Å². The molecule has 2 aromatic rings. The zero-order chi connectivity index (χ0) is 19.1. The predicted octanol–water partition coefficient (Wildman–Crippen LogP) is 1.02. The van der Waals surface area contributed by atoms with Crippen LogP contribution in [0.1, 0.15) is 16.8 Å². The summed E-state index contributed by atoms with van der Waals surface area (Å²) < 4.78 is 56.4. The van der Waals surface area contributed by atoms with Crippen LogP contribution in [0.15, 0.2) is 22.1 Å². The van der Waals surface area contributed by atoms with Crippen molar-refractivity contribution in [3.8, 4) is 5.75 Å². The minimum absolute atomic E-state index is 0.0379. The standard InChI is InChI=1S/C16H17F2N3O4S/c1-25-9-5-12(17)11(13(18)6-9)7-21-4-3-10-14(8-21)19-16(20-15(10)22)26(2,23)24/h5-6H,3-4,7-8H2,1-2H3,(H,19,20,22). The maximum atomic E-state index is 14.1. The molecule has 3 rings (SSSR count). The third kappa shape index (κ3) is 3.61. The Morgan fingerprint density at radius 3 is 2.54 bits per heavy atom. The Hall–Kier alpha value is -2.33. The molecule has 0 atom stereocenters. The number of ether oxygens (including phenoxy) is 1. The van der Waals surface area contributed by atoms with Crippen LogP contribution in [0.3, 0.4) is 0 Å². The van der Waals surface area contributed by atoms with Gasteiger partial charge in [0.25, 0.3) is 5.56 Å². The first-order valence-corrected chi connectivity index (χ1v) is 9.64. The van der Waals surface area contributed by atoms with E-state index < -0.39 is 32.2 Å². The van der Waals surface area contributed by atoms with Crippen LogP contribution >= 0.6 is 0 Å². The lowest BCUT2D eigenvalue weighted by Crippen LogP contribution is -2.36. The van der Waals surface area contributed by atoms with Crippen molar-refractivity contribution in [3.63, 3.8) is 0 Å². The Kier molecular flexibility index (Phi) is 4.80. The molecule has 1 aliphatic heterocycles. The number of sulfone groups is 1. The van der Waals surface area contributed by atoms with Gasteiger partial charge in [0, 0.05) is 49.1 Å². The van der Waals surface area contributed by atoms with Crippen LogP contribution in [0.5, 0.6) is 5.75 Å². The van der Waals surface area contributed by atoms with E-state index in [0.717, 1.165) is 18.4 Å². The number of hydrogen-bond donors (Lipinski definition) is 1. The van der Waals surface area contributed by atoms with Crippen LogP contribution in [-0.4, -0.2) is 43.2 Å². The van der Waals surface area contributed by atoms with Gasteiger partial charge in [0.05, 0.1) is 12.8 Å². The highest BCUT2D eigenvalue weighted by atomic mass is 32.2. The highest BCUT2D eigenvalue weighted by molar-refractivity contribution is 7.90. The fourth-order valence-electron chi connectivity index (χ4n) is 2.85. The van der Waals surface area contributed by atoms with Gasteiger partial charge in [-0.25, -0.2) is 22.2 Å². The minimum Gasteiger partial charge on any atom is -0.497 e. The third-order valence-corrected chi connectivity index (χ3v) is 5.11. The van der Waals surface area contributed by atoms with Crippen molar-refractivity contribution in [2.45, 2.75) is 24.7 Å². The highest BCUT2D eigenvalue weighted by Gasteiger charge is 2.25. The largest absolute Gasteiger partial charge is 0.497 e. The van der Waals surface area contributed by atoms with Crippen LogP contribution in [-0.2, 0) is 29.3 Å². The Morgan fingerprint density at radius 2 is 1.96 bits per heavy atom. The smallest absolute Gasteiger partial charge is 0.255 e. The first kappa shape index (κ1) is 18.5. The Morgan fingerprint density at radius 1 is 1.31 bits per heavy atom. The van der Waals surface area contributed by atoms with Gasteiger partial charge >= 0.3 is 0 Å². The lowest BCUT2D eigenvalue weighted by molar-refractivity contribution is 0.232. The van der Waals surface area contributed by atoms with E-state index in [1.54, 1.807) is 4.90 Å². The number of H-pyrrole nitrogens is 1. The Balaban J connectivity index is 1.90. The molecule has 1 aromatic heterocycles.